The fraction of sp³-hybridized carbons (Fsp3) is 0.235. The van der Waals surface area contributed by atoms with Crippen LogP contribution in [-0.4, -0.2) is 41.9 Å². The summed E-state index contributed by atoms with van der Waals surface area (Å²) in [5.41, 5.74) is 1.93. The topological polar surface area (TPSA) is 148 Å². The molecule has 0 aliphatic carbocycles. The van der Waals surface area contributed by atoms with Gasteiger partial charge in [-0.3, -0.25) is 25.7 Å². The highest BCUT2D eigenvalue weighted by molar-refractivity contribution is 7.89. The van der Waals surface area contributed by atoms with Gasteiger partial charge in [-0.05, 0) is 18.2 Å². The average Bonchev–Trinajstić information content (AvgIpc) is 2.68. The van der Waals surface area contributed by atoms with Crippen LogP contribution >= 0.6 is 0 Å². The van der Waals surface area contributed by atoms with Gasteiger partial charge < -0.3 is 0 Å². The first-order valence-electron chi connectivity index (χ1n) is 8.53. The molecule has 2 rings (SSSR count). The summed E-state index contributed by atoms with van der Waals surface area (Å²) in [6.45, 7) is 3.80. The molecule has 0 aliphatic heterocycles. The van der Waals surface area contributed by atoms with E-state index in [0.29, 0.717) is 0 Å². The Kier molecular flexibility index (Phi) is 6.96. The molecule has 0 radical (unpaired) electrons. The Morgan fingerprint density at radius 2 is 1.66 bits per heavy atom. The molecule has 12 heteroatoms. The number of anilines is 1. The summed E-state index contributed by atoms with van der Waals surface area (Å²) >= 11 is 0. The predicted octanol–water partition coefficient (Wildman–Crippen LogP) is 2.98. The van der Waals surface area contributed by atoms with Gasteiger partial charge in [-0.2, -0.15) is 9.41 Å². The Morgan fingerprint density at radius 1 is 1.03 bits per heavy atom. The minimum atomic E-state index is -3.86. The number of nitro benzene ring substituents is 2. The van der Waals surface area contributed by atoms with Crippen LogP contribution in [0.4, 0.5) is 17.1 Å². The van der Waals surface area contributed by atoms with E-state index in [-0.39, 0.29) is 34.9 Å². The van der Waals surface area contributed by atoms with Gasteiger partial charge in [-0.25, -0.2) is 8.42 Å². The summed E-state index contributed by atoms with van der Waals surface area (Å²) in [6, 6.07) is 9.28. The monoisotopic (exact) mass is 421 g/mol. The van der Waals surface area contributed by atoms with E-state index < -0.39 is 25.6 Å². The molecule has 0 bridgehead atoms. The van der Waals surface area contributed by atoms with Gasteiger partial charge in [0.15, 0.2) is 0 Å². The maximum Gasteiger partial charge on any atom is 0.295 e. The zero-order valence-corrected chi connectivity index (χ0v) is 16.5. The lowest BCUT2D eigenvalue weighted by molar-refractivity contribution is -0.385. The molecule has 0 unspecified atom stereocenters. The summed E-state index contributed by atoms with van der Waals surface area (Å²) in [4.78, 5) is 20.9. The average molecular weight is 421 g/mol. The lowest BCUT2D eigenvalue weighted by Crippen LogP contribution is -2.30. The van der Waals surface area contributed by atoms with Crippen LogP contribution in [-0.2, 0) is 10.0 Å². The third-order valence-electron chi connectivity index (χ3n) is 4.03. The van der Waals surface area contributed by atoms with Crippen molar-refractivity contribution in [3.8, 4) is 0 Å². The molecule has 2 aromatic carbocycles. The van der Waals surface area contributed by atoms with Crippen molar-refractivity contribution in [1.29, 1.82) is 0 Å². The van der Waals surface area contributed by atoms with Crippen LogP contribution < -0.4 is 5.43 Å². The fourth-order valence-corrected chi connectivity index (χ4v) is 4.04. The quantitative estimate of drug-likeness (QED) is 0.372. The van der Waals surface area contributed by atoms with Crippen molar-refractivity contribution in [2.45, 2.75) is 18.7 Å². The first-order valence-corrected chi connectivity index (χ1v) is 9.97. The molecule has 0 aromatic heterocycles. The van der Waals surface area contributed by atoms with Gasteiger partial charge in [0.25, 0.3) is 11.4 Å². The lowest BCUT2D eigenvalue weighted by Gasteiger charge is -2.18. The van der Waals surface area contributed by atoms with E-state index in [2.05, 4.69) is 10.5 Å². The standard InChI is InChI=1S/C17H19N5O6S/c1-3-20(4-2)29(27,28)14-9-10-15(17(11-14)22(25)26)19-18-12-13-7-5-6-8-16(13)21(23)24/h5-12,19H,3-4H2,1-2H3/b18-12+. The maximum atomic E-state index is 12.6. The van der Waals surface area contributed by atoms with E-state index in [1.165, 1.54) is 34.6 Å². The molecule has 0 amide bonds. The van der Waals surface area contributed by atoms with Crippen molar-refractivity contribution < 1.29 is 18.3 Å². The highest BCUT2D eigenvalue weighted by Crippen LogP contribution is 2.29. The molecule has 0 aliphatic rings. The third kappa shape index (κ3) is 4.92. The van der Waals surface area contributed by atoms with Gasteiger partial charge in [-0.1, -0.05) is 26.0 Å². The number of hydrogen-bond acceptors (Lipinski definition) is 8. The van der Waals surface area contributed by atoms with Crippen LogP contribution in [0.2, 0.25) is 0 Å². The van der Waals surface area contributed by atoms with E-state index in [1.807, 2.05) is 0 Å². The van der Waals surface area contributed by atoms with Gasteiger partial charge in [-0.15, -0.1) is 0 Å². The van der Waals surface area contributed by atoms with Gasteiger partial charge >= 0.3 is 0 Å². The van der Waals surface area contributed by atoms with E-state index in [1.54, 1.807) is 19.9 Å². The van der Waals surface area contributed by atoms with Gasteiger partial charge in [0, 0.05) is 25.2 Å². The van der Waals surface area contributed by atoms with E-state index in [9.17, 15) is 28.6 Å². The van der Waals surface area contributed by atoms with Crippen molar-refractivity contribution in [3.63, 3.8) is 0 Å². The summed E-state index contributed by atoms with van der Waals surface area (Å²) in [5, 5.41) is 26.2. The minimum Gasteiger partial charge on any atom is -0.272 e. The highest BCUT2D eigenvalue weighted by atomic mass is 32.2. The van der Waals surface area contributed by atoms with E-state index >= 15 is 0 Å². The van der Waals surface area contributed by atoms with Crippen molar-refractivity contribution in [2.75, 3.05) is 18.5 Å². The van der Waals surface area contributed by atoms with Crippen molar-refractivity contribution in [3.05, 3.63) is 68.3 Å². The number of rotatable bonds is 9. The van der Waals surface area contributed by atoms with Crippen LogP contribution in [0.3, 0.4) is 0 Å². The van der Waals surface area contributed by atoms with Crippen LogP contribution in [0.15, 0.2) is 52.5 Å². The fourth-order valence-electron chi connectivity index (χ4n) is 2.56. The minimum absolute atomic E-state index is 0.0525. The first kappa shape index (κ1) is 21.9. The number of nitrogens with one attached hydrogen (secondary N) is 1. The number of sulfonamides is 1. The predicted molar refractivity (Wildman–Crippen MR) is 108 cm³/mol. The van der Waals surface area contributed by atoms with E-state index in [0.717, 1.165) is 12.3 Å². The molecule has 0 spiro atoms. The first-order chi connectivity index (χ1) is 13.7. The van der Waals surface area contributed by atoms with Crippen LogP contribution in [0.1, 0.15) is 19.4 Å². The van der Waals surface area contributed by atoms with Crippen LogP contribution in [0, 0.1) is 20.2 Å². The van der Waals surface area contributed by atoms with Crippen molar-refractivity contribution in [1.82, 2.24) is 4.31 Å². The molecule has 0 saturated carbocycles. The molecule has 2 aromatic rings. The smallest absolute Gasteiger partial charge is 0.272 e. The zero-order chi connectivity index (χ0) is 21.6. The number of para-hydroxylation sites is 1. The van der Waals surface area contributed by atoms with Gasteiger partial charge in [0.1, 0.15) is 5.69 Å². The van der Waals surface area contributed by atoms with Gasteiger partial charge in [0.2, 0.25) is 10.0 Å². The van der Waals surface area contributed by atoms with E-state index in [4.69, 9.17) is 0 Å². The molecule has 0 heterocycles. The second kappa shape index (κ2) is 9.21. The zero-order valence-electron chi connectivity index (χ0n) is 15.7. The Morgan fingerprint density at radius 3 is 2.24 bits per heavy atom. The number of benzene rings is 2. The van der Waals surface area contributed by atoms with Gasteiger partial charge in [0.05, 0.1) is 26.5 Å². The SMILES string of the molecule is CCN(CC)S(=O)(=O)c1ccc(N/N=C/c2ccccc2[N+](=O)[O-])c([N+](=O)[O-])c1. The number of nitro groups is 2. The Balaban J connectivity index is 2.36. The summed E-state index contributed by atoms with van der Waals surface area (Å²) in [7, 11) is -3.86. The molecule has 0 fully saturated rings. The molecular formula is C17H19N5O6S. The largest absolute Gasteiger partial charge is 0.295 e. The molecule has 11 nitrogen and oxygen atoms in total. The molecule has 29 heavy (non-hydrogen) atoms. The normalized spacial score (nSPS) is 11.7. The Labute approximate surface area is 167 Å². The van der Waals surface area contributed by atoms with Crippen molar-refractivity contribution >= 4 is 33.3 Å². The Hall–Kier alpha value is -3.38. The molecule has 154 valence electrons. The molecular weight excluding hydrogens is 402 g/mol. The van der Waals surface area contributed by atoms with Crippen LogP contribution in [0.5, 0.6) is 0 Å². The third-order valence-corrected chi connectivity index (χ3v) is 6.08. The summed E-state index contributed by atoms with van der Waals surface area (Å²) in [6.07, 6.45) is 1.16. The van der Waals surface area contributed by atoms with Crippen LogP contribution in [0.25, 0.3) is 0 Å². The number of hydrogen-bond donors (Lipinski definition) is 1. The maximum absolute atomic E-state index is 12.6. The molecule has 0 atom stereocenters. The summed E-state index contributed by atoms with van der Waals surface area (Å²) in [5.74, 6) is 0. The lowest BCUT2D eigenvalue weighted by atomic mass is 10.2. The number of hydrazone groups is 1. The second-order valence-electron chi connectivity index (χ2n) is 5.71. The van der Waals surface area contributed by atoms with Crippen molar-refractivity contribution in [2.24, 2.45) is 5.10 Å². The molecule has 1 N–H and O–H groups in total. The molecule has 0 saturated heterocycles. The second-order valence-corrected chi connectivity index (χ2v) is 7.65. The number of nitrogens with zero attached hydrogens (tertiary/aromatic N) is 4. The summed E-state index contributed by atoms with van der Waals surface area (Å²) < 4.78 is 26.3. The Bertz CT molecular complexity index is 1050. The highest BCUT2D eigenvalue weighted by Gasteiger charge is 2.25.